The van der Waals surface area contributed by atoms with Crippen molar-refractivity contribution in [1.82, 2.24) is 19.9 Å². The number of fused-ring (bicyclic) bond motifs is 1. The van der Waals surface area contributed by atoms with Gasteiger partial charge in [-0.3, -0.25) is 0 Å². The number of H-pyrrole nitrogens is 1. The fraction of sp³-hybridized carbons (Fsp3) is 0.353. The lowest BCUT2D eigenvalue weighted by atomic mass is 9.93. The molecule has 0 amide bonds. The van der Waals surface area contributed by atoms with Crippen LogP contribution in [0.2, 0.25) is 0 Å². The Morgan fingerprint density at radius 1 is 1.29 bits per heavy atom. The van der Waals surface area contributed by atoms with Crippen molar-refractivity contribution in [1.29, 1.82) is 0 Å². The number of aromatic amines is 1. The van der Waals surface area contributed by atoms with Crippen molar-refractivity contribution < 1.29 is 9.50 Å². The summed E-state index contributed by atoms with van der Waals surface area (Å²) in [5.41, 5.74) is 1.52. The van der Waals surface area contributed by atoms with E-state index in [-0.39, 0.29) is 18.0 Å². The number of aromatic nitrogens is 4. The zero-order valence-corrected chi connectivity index (χ0v) is 13.0. The molecule has 0 radical (unpaired) electrons. The van der Waals surface area contributed by atoms with Crippen LogP contribution in [0.3, 0.4) is 0 Å². The van der Waals surface area contributed by atoms with Crippen LogP contribution in [-0.2, 0) is 0 Å². The molecule has 6 nitrogen and oxygen atoms in total. The standard InChI is InChI=1S/C17H18FN5O/c18-14-9-21-16(13-8-20-15-12(13)5-2-6-19-15)23-17(14)22-10-3-1-4-11(24)7-10/h2,5-6,8-11,24H,1,3-4,7H2,(H,19,20)(H,21,22,23). The number of hydrogen-bond acceptors (Lipinski definition) is 5. The maximum Gasteiger partial charge on any atom is 0.183 e. The fourth-order valence-electron chi connectivity index (χ4n) is 3.23. The molecule has 2 atom stereocenters. The molecule has 1 aliphatic rings. The van der Waals surface area contributed by atoms with Crippen LogP contribution >= 0.6 is 0 Å². The maximum atomic E-state index is 14.1. The minimum absolute atomic E-state index is 0.0237. The van der Waals surface area contributed by atoms with Crippen LogP contribution in [0.1, 0.15) is 25.7 Å². The first kappa shape index (κ1) is 15.0. The highest BCUT2D eigenvalue weighted by molar-refractivity contribution is 5.91. The van der Waals surface area contributed by atoms with E-state index >= 15 is 0 Å². The first-order chi connectivity index (χ1) is 11.7. The number of nitrogens with zero attached hydrogens (tertiary/aromatic N) is 3. The van der Waals surface area contributed by atoms with Gasteiger partial charge in [0.2, 0.25) is 0 Å². The van der Waals surface area contributed by atoms with Gasteiger partial charge in [0.15, 0.2) is 17.5 Å². The summed E-state index contributed by atoms with van der Waals surface area (Å²) in [5.74, 6) is 0.128. The van der Waals surface area contributed by atoms with Crippen molar-refractivity contribution in [3.8, 4) is 11.4 Å². The van der Waals surface area contributed by atoms with Gasteiger partial charge < -0.3 is 15.4 Å². The number of aliphatic hydroxyl groups excluding tert-OH is 1. The lowest BCUT2D eigenvalue weighted by Crippen LogP contribution is -2.30. The Bertz CT molecular complexity index is 865. The molecule has 0 aromatic carbocycles. The van der Waals surface area contributed by atoms with Gasteiger partial charge >= 0.3 is 0 Å². The van der Waals surface area contributed by atoms with Crippen LogP contribution in [0.4, 0.5) is 10.2 Å². The number of hydrogen-bond donors (Lipinski definition) is 3. The van der Waals surface area contributed by atoms with E-state index in [0.29, 0.717) is 12.2 Å². The van der Waals surface area contributed by atoms with E-state index in [1.165, 1.54) is 6.20 Å². The Morgan fingerprint density at radius 2 is 2.21 bits per heavy atom. The molecule has 1 saturated carbocycles. The molecule has 0 bridgehead atoms. The van der Waals surface area contributed by atoms with Gasteiger partial charge in [0.25, 0.3) is 0 Å². The first-order valence-corrected chi connectivity index (χ1v) is 8.10. The minimum Gasteiger partial charge on any atom is -0.393 e. The van der Waals surface area contributed by atoms with Gasteiger partial charge in [-0.1, -0.05) is 0 Å². The molecule has 2 unspecified atom stereocenters. The van der Waals surface area contributed by atoms with E-state index in [1.54, 1.807) is 12.4 Å². The van der Waals surface area contributed by atoms with Crippen molar-refractivity contribution in [2.24, 2.45) is 0 Å². The fourth-order valence-corrected chi connectivity index (χ4v) is 3.23. The summed E-state index contributed by atoms with van der Waals surface area (Å²) in [6.45, 7) is 0. The van der Waals surface area contributed by atoms with Crippen molar-refractivity contribution in [2.45, 2.75) is 37.8 Å². The molecule has 1 fully saturated rings. The van der Waals surface area contributed by atoms with Crippen LogP contribution in [0, 0.1) is 5.82 Å². The van der Waals surface area contributed by atoms with E-state index in [9.17, 15) is 9.50 Å². The number of anilines is 1. The van der Waals surface area contributed by atoms with Gasteiger partial charge in [0, 0.05) is 29.4 Å². The van der Waals surface area contributed by atoms with Crippen molar-refractivity contribution in [3.05, 3.63) is 36.5 Å². The molecule has 4 rings (SSSR count). The highest BCUT2D eigenvalue weighted by atomic mass is 19.1. The molecule has 0 aliphatic heterocycles. The van der Waals surface area contributed by atoms with Gasteiger partial charge in [-0.2, -0.15) is 0 Å². The molecule has 3 aromatic heterocycles. The van der Waals surface area contributed by atoms with Crippen molar-refractivity contribution in [2.75, 3.05) is 5.32 Å². The van der Waals surface area contributed by atoms with E-state index in [1.807, 2.05) is 12.1 Å². The van der Waals surface area contributed by atoms with Crippen LogP contribution in [0.15, 0.2) is 30.7 Å². The number of aliphatic hydroxyl groups is 1. The number of halogens is 1. The lowest BCUT2D eigenvalue weighted by molar-refractivity contribution is 0.124. The third kappa shape index (κ3) is 2.82. The smallest absolute Gasteiger partial charge is 0.183 e. The zero-order chi connectivity index (χ0) is 16.5. The van der Waals surface area contributed by atoms with Crippen LogP contribution in [-0.4, -0.2) is 37.2 Å². The zero-order valence-electron chi connectivity index (χ0n) is 13.0. The second-order valence-electron chi connectivity index (χ2n) is 6.15. The van der Waals surface area contributed by atoms with E-state index in [2.05, 4.69) is 25.3 Å². The van der Waals surface area contributed by atoms with E-state index in [4.69, 9.17) is 0 Å². The average Bonchev–Trinajstić information content (AvgIpc) is 3.01. The normalized spacial score (nSPS) is 21.1. The second kappa shape index (κ2) is 6.16. The predicted molar refractivity (Wildman–Crippen MR) is 89.0 cm³/mol. The summed E-state index contributed by atoms with van der Waals surface area (Å²) < 4.78 is 14.1. The van der Waals surface area contributed by atoms with Crippen LogP contribution < -0.4 is 5.32 Å². The highest BCUT2D eigenvalue weighted by Gasteiger charge is 2.22. The lowest BCUT2D eigenvalue weighted by Gasteiger charge is -2.27. The molecular weight excluding hydrogens is 309 g/mol. The van der Waals surface area contributed by atoms with Gasteiger partial charge in [-0.05, 0) is 37.8 Å². The molecule has 0 saturated heterocycles. The summed E-state index contributed by atoms with van der Waals surface area (Å²) in [4.78, 5) is 15.8. The van der Waals surface area contributed by atoms with Crippen LogP contribution in [0.5, 0.6) is 0 Å². The topological polar surface area (TPSA) is 86.7 Å². The second-order valence-corrected chi connectivity index (χ2v) is 6.15. The molecule has 124 valence electrons. The monoisotopic (exact) mass is 327 g/mol. The average molecular weight is 327 g/mol. The Morgan fingerprint density at radius 3 is 3.08 bits per heavy atom. The summed E-state index contributed by atoms with van der Waals surface area (Å²) in [5, 5.41) is 13.8. The molecular formula is C17H18FN5O. The quantitative estimate of drug-likeness (QED) is 0.688. The van der Waals surface area contributed by atoms with Crippen molar-refractivity contribution >= 4 is 16.9 Å². The summed E-state index contributed by atoms with van der Waals surface area (Å²) in [6.07, 6.45) is 7.56. The SMILES string of the molecule is OC1CCCC(Nc2nc(-c3c[nH]c4ncccc34)ncc2F)C1. The minimum atomic E-state index is -0.489. The molecule has 3 aromatic rings. The summed E-state index contributed by atoms with van der Waals surface area (Å²) >= 11 is 0. The predicted octanol–water partition coefficient (Wildman–Crippen LogP) is 2.87. The molecule has 0 spiro atoms. The Hall–Kier alpha value is -2.54. The van der Waals surface area contributed by atoms with Gasteiger partial charge in [0.1, 0.15) is 5.65 Å². The van der Waals surface area contributed by atoms with Gasteiger partial charge in [-0.25, -0.2) is 19.3 Å². The molecule has 1 aliphatic carbocycles. The highest BCUT2D eigenvalue weighted by Crippen LogP contribution is 2.27. The van der Waals surface area contributed by atoms with Crippen LogP contribution in [0.25, 0.3) is 22.4 Å². The van der Waals surface area contributed by atoms with Gasteiger partial charge in [-0.15, -0.1) is 0 Å². The van der Waals surface area contributed by atoms with Gasteiger partial charge in [0.05, 0.1) is 12.3 Å². The third-order valence-corrected chi connectivity index (χ3v) is 4.42. The Labute approximate surface area is 138 Å². The largest absolute Gasteiger partial charge is 0.393 e. The van der Waals surface area contributed by atoms with Crippen molar-refractivity contribution in [3.63, 3.8) is 0 Å². The Balaban J connectivity index is 1.66. The number of rotatable bonds is 3. The first-order valence-electron chi connectivity index (χ1n) is 8.10. The Kier molecular flexibility index (Phi) is 3.86. The molecule has 24 heavy (non-hydrogen) atoms. The maximum absolute atomic E-state index is 14.1. The summed E-state index contributed by atoms with van der Waals surface area (Å²) in [6, 6.07) is 3.78. The third-order valence-electron chi connectivity index (χ3n) is 4.42. The number of pyridine rings is 1. The van der Waals surface area contributed by atoms with E-state index in [0.717, 1.165) is 35.9 Å². The molecule has 3 N–H and O–H groups in total. The molecule has 3 heterocycles. The molecule has 7 heteroatoms. The van der Waals surface area contributed by atoms with E-state index < -0.39 is 5.82 Å². The summed E-state index contributed by atoms with van der Waals surface area (Å²) in [7, 11) is 0. The number of nitrogens with one attached hydrogen (secondary N) is 2.